The number of rotatable bonds is 6. The molecule has 0 aliphatic carbocycles. The van der Waals surface area contributed by atoms with Gasteiger partial charge in [-0.2, -0.15) is 0 Å². The van der Waals surface area contributed by atoms with Crippen LogP contribution in [0.25, 0.3) is 11.3 Å². The number of hydrogen-bond acceptors (Lipinski definition) is 6. The van der Waals surface area contributed by atoms with Crippen LogP contribution in [0.1, 0.15) is 10.5 Å². The first-order chi connectivity index (χ1) is 10.7. The van der Waals surface area contributed by atoms with Crippen LogP contribution in [0.2, 0.25) is 5.02 Å². The number of ether oxygens (including phenoxy) is 3. The largest absolute Gasteiger partial charge is 0.474 e. The molecule has 0 atom stereocenters. The standard InChI is InChI=1S/C15H15ClN2O4/c1-20-7-8-22-14-13(10-3-5-11(16)6-4-10)18-12(9-17-14)15(19)21-2/h3-6,9H,7-8H2,1-2H3. The first-order valence-corrected chi connectivity index (χ1v) is 6.86. The quantitative estimate of drug-likeness (QED) is 0.601. The zero-order valence-corrected chi connectivity index (χ0v) is 13.0. The minimum atomic E-state index is -0.564. The zero-order chi connectivity index (χ0) is 15.9. The molecular weight excluding hydrogens is 308 g/mol. The molecular formula is C15H15ClN2O4. The van der Waals surface area contributed by atoms with Gasteiger partial charge in [-0.25, -0.2) is 14.8 Å². The maximum Gasteiger partial charge on any atom is 0.358 e. The Bertz CT molecular complexity index is 646. The van der Waals surface area contributed by atoms with Crippen LogP contribution in [0.4, 0.5) is 0 Å². The van der Waals surface area contributed by atoms with E-state index in [-0.39, 0.29) is 5.69 Å². The van der Waals surface area contributed by atoms with Gasteiger partial charge in [0.2, 0.25) is 5.88 Å². The maximum atomic E-state index is 11.6. The molecule has 22 heavy (non-hydrogen) atoms. The van der Waals surface area contributed by atoms with E-state index in [0.717, 1.165) is 5.56 Å². The van der Waals surface area contributed by atoms with Gasteiger partial charge in [-0.15, -0.1) is 0 Å². The number of nitrogens with zero attached hydrogens (tertiary/aromatic N) is 2. The van der Waals surface area contributed by atoms with E-state index in [0.29, 0.717) is 29.8 Å². The normalized spacial score (nSPS) is 10.3. The third-order valence-corrected chi connectivity index (χ3v) is 3.03. The van der Waals surface area contributed by atoms with Gasteiger partial charge < -0.3 is 14.2 Å². The van der Waals surface area contributed by atoms with Crippen LogP contribution in [0.5, 0.6) is 5.88 Å². The highest BCUT2D eigenvalue weighted by Gasteiger charge is 2.16. The third kappa shape index (κ3) is 3.93. The van der Waals surface area contributed by atoms with Crippen molar-refractivity contribution in [3.05, 3.63) is 41.2 Å². The fourth-order valence-corrected chi connectivity index (χ4v) is 1.83. The van der Waals surface area contributed by atoms with E-state index in [1.54, 1.807) is 31.4 Å². The van der Waals surface area contributed by atoms with Crippen LogP contribution in [-0.4, -0.2) is 43.4 Å². The molecule has 6 nitrogen and oxygen atoms in total. The smallest absolute Gasteiger partial charge is 0.358 e. The monoisotopic (exact) mass is 322 g/mol. The van der Waals surface area contributed by atoms with Crippen molar-refractivity contribution in [3.8, 4) is 17.1 Å². The lowest BCUT2D eigenvalue weighted by Gasteiger charge is -2.10. The number of aromatic nitrogens is 2. The number of halogens is 1. The SMILES string of the molecule is COCCOc1ncc(C(=O)OC)nc1-c1ccc(Cl)cc1. The Balaban J connectivity index is 2.40. The summed E-state index contributed by atoms with van der Waals surface area (Å²) in [6.07, 6.45) is 1.31. The van der Waals surface area contributed by atoms with Gasteiger partial charge in [-0.3, -0.25) is 0 Å². The lowest BCUT2D eigenvalue weighted by atomic mass is 10.1. The van der Waals surface area contributed by atoms with E-state index < -0.39 is 5.97 Å². The maximum absolute atomic E-state index is 11.6. The average Bonchev–Trinajstić information content (AvgIpc) is 2.55. The van der Waals surface area contributed by atoms with Gasteiger partial charge in [-0.05, 0) is 12.1 Å². The number of esters is 1. The zero-order valence-electron chi connectivity index (χ0n) is 12.2. The van der Waals surface area contributed by atoms with Crippen molar-refractivity contribution >= 4 is 17.6 Å². The molecule has 7 heteroatoms. The first-order valence-electron chi connectivity index (χ1n) is 6.48. The van der Waals surface area contributed by atoms with Gasteiger partial charge in [0.15, 0.2) is 5.69 Å². The molecule has 0 radical (unpaired) electrons. The number of carbonyl (C=O) groups is 1. The molecule has 0 N–H and O–H groups in total. The number of benzene rings is 1. The molecule has 0 bridgehead atoms. The molecule has 0 unspecified atom stereocenters. The lowest BCUT2D eigenvalue weighted by Crippen LogP contribution is -2.10. The molecule has 116 valence electrons. The summed E-state index contributed by atoms with van der Waals surface area (Å²) in [6.45, 7) is 0.740. The summed E-state index contributed by atoms with van der Waals surface area (Å²) in [6, 6.07) is 7.00. The summed E-state index contributed by atoms with van der Waals surface area (Å²) >= 11 is 5.89. The number of carbonyl (C=O) groups excluding carboxylic acids is 1. The summed E-state index contributed by atoms with van der Waals surface area (Å²) < 4.78 is 15.1. The summed E-state index contributed by atoms with van der Waals surface area (Å²) in [5.41, 5.74) is 1.28. The van der Waals surface area contributed by atoms with Gasteiger partial charge >= 0.3 is 5.97 Å². The highest BCUT2D eigenvalue weighted by Crippen LogP contribution is 2.27. The second-order valence-electron chi connectivity index (χ2n) is 4.25. The molecule has 1 aromatic heterocycles. The Morgan fingerprint density at radius 1 is 1.18 bits per heavy atom. The van der Waals surface area contributed by atoms with Crippen molar-refractivity contribution in [1.29, 1.82) is 0 Å². The van der Waals surface area contributed by atoms with Crippen molar-refractivity contribution in [1.82, 2.24) is 9.97 Å². The topological polar surface area (TPSA) is 70.5 Å². The molecule has 0 saturated carbocycles. The molecule has 0 spiro atoms. The van der Waals surface area contributed by atoms with Crippen molar-refractivity contribution in [3.63, 3.8) is 0 Å². The van der Waals surface area contributed by atoms with Gasteiger partial charge in [0, 0.05) is 17.7 Å². The summed E-state index contributed by atoms with van der Waals surface area (Å²) in [4.78, 5) is 20.0. The van der Waals surface area contributed by atoms with Gasteiger partial charge in [0.05, 0.1) is 19.9 Å². The fraction of sp³-hybridized carbons (Fsp3) is 0.267. The predicted octanol–water partition coefficient (Wildman–Crippen LogP) is 2.61. The minimum Gasteiger partial charge on any atom is -0.474 e. The van der Waals surface area contributed by atoms with E-state index in [1.165, 1.54) is 13.3 Å². The highest BCUT2D eigenvalue weighted by molar-refractivity contribution is 6.30. The minimum absolute atomic E-state index is 0.103. The molecule has 2 rings (SSSR count). The molecule has 0 aliphatic rings. The van der Waals surface area contributed by atoms with Crippen LogP contribution >= 0.6 is 11.6 Å². The van der Waals surface area contributed by atoms with Crippen LogP contribution in [0.3, 0.4) is 0 Å². The molecule has 0 saturated heterocycles. The van der Waals surface area contributed by atoms with Gasteiger partial charge in [0.25, 0.3) is 0 Å². The number of hydrogen-bond donors (Lipinski definition) is 0. The van der Waals surface area contributed by atoms with Crippen LogP contribution < -0.4 is 4.74 Å². The molecule has 2 aromatic rings. The van der Waals surface area contributed by atoms with E-state index >= 15 is 0 Å². The summed E-state index contributed by atoms with van der Waals surface area (Å²) in [5, 5.41) is 0.600. The van der Waals surface area contributed by atoms with Crippen LogP contribution in [0.15, 0.2) is 30.5 Å². The molecule has 1 heterocycles. The highest BCUT2D eigenvalue weighted by atomic mass is 35.5. The second-order valence-corrected chi connectivity index (χ2v) is 4.69. The number of methoxy groups -OCH3 is 2. The van der Waals surface area contributed by atoms with Gasteiger partial charge in [0.1, 0.15) is 12.3 Å². The van der Waals surface area contributed by atoms with E-state index in [2.05, 4.69) is 14.7 Å². The molecule has 1 aromatic carbocycles. The summed E-state index contributed by atoms with van der Waals surface area (Å²) in [5.74, 6) is -0.252. The lowest BCUT2D eigenvalue weighted by molar-refractivity contribution is 0.0593. The Morgan fingerprint density at radius 2 is 1.91 bits per heavy atom. The van der Waals surface area contributed by atoms with E-state index in [4.69, 9.17) is 21.1 Å². The van der Waals surface area contributed by atoms with E-state index in [1.807, 2.05) is 0 Å². The Morgan fingerprint density at radius 3 is 2.55 bits per heavy atom. The van der Waals surface area contributed by atoms with Crippen molar-refractivity contribution in [2.45, 2.75) is 0 Å². The fourth-order valence-electron chi connectivity index (χ4n) is 1.70. The summed E-state index contributed by atoms with van der Waals surface area (Å²) in [7, 11) is 2.87. The first kappa shape index (κ1) is 16.2. The molecule has 0 fully saturated rings. The second kappa shape index (κ2) is 7.72. The van der Waals surface area contributed by atoms with Gasteiger partial charge in [-0.1, -0.05) is 23.7 Å². The van der Waals surface area contributed by atoms with Crippen molar-refractivity contribution in [2.24, 2.45) is 0 Å². The third-order valence-electron chi connectivity index (χ3n) is 2.78. The van der Waals surface area contributed by atoms with E-state index in [9.17, 15) is 4.79 Å². The van der Waals surface area contributed by atoms with Crippen LogP contribution in [-0.2, 0) is 9.47 Å². The van der Waals surface area contributed by atoms with Crippen molar-refractivity contribution < 1.29 is 19.0 Å². The Hall–Kier alpha value is -2.18. The molecule has 0 amide bonds. The van der Waals surface area contributed by atoms with Crippen molar-refractivity contribution in [2.75, 3.05) is 27.4 Å². The Kier molecular flexibility index (Phi) is 5.68. The predicted molar refractivity (Wildman–Crippen MR) is 81.2 cm³/mol. The van der Waals surface area contributed by atoms with Crippen LogP contribution in [0, 0.1) is 0 Å². The average molecular weight is 323 g/mol. The molecule has 0 aliphatic heterocycles. The Labute approximate surface area is 133 Å².